The molecule has 2 atom stereocenters. The van der Waals surface area contributed by atoms with Gasteiger partial charge in [-0.15, -0.1) is 0 Å². The van der Waals surface area contributed by atoms with Gasteiger partial charge in [0.1, 0.15) is 0 Å². The van der Waals surface area contributed by atoms with E-state index in [0.717, 1.165) is 0 Å². The summed E-state index contributed by atoms with van der Waals surface area (Å²) in [6.45, 7) is 0. The van der Waals surface area contributed by atoms with Crippen LogP contribution in [-0.4, -0.2) is 1.28 Å². The molecule has 0 aromatic heterocycles. The van der Waals surface area contributed by atoms with Crippen LogP contribution in [0.25, 0.3) is 0 Å². The quantitative estimate of drug-likeness (QED) is 0.434. The summed E-state index contributed by atoms with van der Waals surface area (Å²) in [7, 11) is -1.17. The first kappa shape index (κ1) is 9.03. The van der Waals surface area contributed by atoms with Crippen molar-refractivity contribution in [3.63, 3.8) is 0 Å². The molecule has 4 heavy (non-hydrogen) atoms. The van der Waals surface area contributed by atoms with E-state index >= 15 is 0 Å². The Labute approximate surface area is 44.0 Å². The van der Waals surface area contributed by atoms with Crippen LogP contribution in [0.2, 0.25) is 0 Å². The minimum absolute atomic E-state index is 0. The molecule has 0 fully saturated rings. The average Bonchev–Trinajstić information content (AvgIpc) is 0.918. The van der Waals surface area contributed by atoms with Gasteiger partial charge < -0.3 is 0 Å². The zero-order valence-corrected chi connectivity index (χ0v) is 5.84. The molecular weight excluding hydrogens is 132 g/mol. The van der Waals surface area contributed by atoms with Crippen LogP contribution >= 0.6 is 19.4 Å². The summed E-state index contributed by atoms with van der Waals surface area (Å²) in [6, 6.07) is 0. The maximum Gasteiger partial charge on any atom is 0.0908 e. The van der Waals surface area contributed by atoms with Crippen LogP contribution in [0, 0.1) is 0 Å². The van der Waals surface area contributed by atoms with Crippen molar-refractivity contribution < 1.29 is 22.8 Å². The number of rotatable bonds is 0. The topological polar surface area (TPSA) is 0 Å². The normalized spacial score (nSPS) is 7.75. The Bertz CT molecular complexity index is 9.61. The molecule has 0 N–H and O–H groups in total. The molecule has 0 heterocycles. The van der Waals surface area contributed by atoms with Gasteiger partial charge >= 0.3 is 0 Å². The van der Waals surface area contributed by atoms with Crippen molar-refractivity contribution in [3.8, 4) is 0 Å². The Hall–Kier alpha value is 1.37. The smallest absolute Gasteiger partial charge is 0.0908 e. The number of halogens is 1. The van der Waals surface area contributed by atoms with Gasteiger partial charge in [-0.2, -0.15) is 9.90 Å². The fourth-order valence-corrected chi connectivity index (χ4v) is 0. The zero-order chi connectivity index (χ0) is 2.71. The molecule has 0 aliphatic heterocycles. The molecule has 2 unspecified atom stereocenters. The van der Waals surface area contributed by atoms with Gasteiger partial charge in [0.2, 0.25) is 0 Å². The van der Waals surface area contributed by atoms with E-state index < -0.39 is 9.50 Å². The third kappa shape index (κ3) is 10.1. The van der Waals surface area contributed by atoms with Gasteiger partial charge in [0.15, 0.2) is 0 Å². The summed E-state index contributed by atoms with van der Waals surface area (Å²) in [5.41, 5.74) is 0. The molecule has 4 heteroatoms. The van der Waals surface area contributed by atoms with E-state index in [1.807, 2.05) is 0 Å². The van der Waals surface area contributed by atoms with E-state index in [9.17, 15) is 4.20 Å². The van der Waals surface area contributed by atoms with Gasteiger partial charge in [-0.25, -0.2) is 4.20 Å². The second kappa shape index (κ2) is 26.4. The van der Waals surface area contributed by atoms with Crippen molar-refractivity contribution in [2.75, 3.05) is 0 Å². The Morgan fingerprint density at radius 2 is 2.00 bits per heavy atom. The number of hydrogen-bond acceptors (Lipinski definition) is 0. The van der Waals surface area contributed by atoms with Crippen LogP contribution in [0.15, 0.2) is 0 Å². The van der Waals surface area contributed by atoms with Crippen LogP contribution in [0.3, 0.4) is 0 Å². The molecule has 0 saturated carbocycles. The van der Waals surface area contributed by atoms with Crippen molar-refractivity contribution in [2.24, 2.45) is 0 Å². The molecule has 0 rings (SSSR count). The van der Waals surface area contributed by atoms with Gasteiger partial charge in [0.05, 0.1) is 10.8 Å². The maximum atomic E-state index is 9.99. The molecule has 0 nitrogen and oxygen atoms in total. The van der Waals surface area contributed by atoms with Gasteiger partial charge in [-0.1, -0.05) is 0 Å². The van der Waals surface area contributed by atoms with E-state index in [1.54, 1.807) is 0 Å². The van der Waals surface area contributed by atoms with E-state index in [-0.39, 0.29) is 28.5 Å². The summed E-state index contributed by atoms with van der Waals surface area (Å²) in [5, 5.41) is 0. The van der Waals surface area contributed by atoms with Crippen LogP contribution in [0.1, 0.15) is 0 Å². The summed E-state index contributed by atoms with van der Waals surface area (Å²) in [6.07, 6.45) is 0. The summed E-state index contributed by atoms with van der Waals surface area (Å²) in [5.74, 6) is 0. The van der Waals surface area contributed by atoms with Crippen LogP contribution < -0.4 is 0 Å². The minimum Gasteiger partial charge on any atom is -0.234 e. The van der Waals surface area contributed by atoms with E-state index in [4.69, 9.17) is 1.28 Å². The van der Waals surface area contributed by atoms with Crippen molar-refractivity contribution in [2.45, 2.75) is 0 Å². The van der Waals surface area contributed by atoms with Crippen molar-refractivity contribution in [1.82, 2.24) is 0 Å². The monoisotopic (exact) mass is 138 g/mol. The zero-order valence-electron chi connectivity index (χ0n) is 3.03. The van der Waals surface area contributed by atoms with Gasteiger partial charge in [-0.05, 0) is 0 Å². The molecule has 0 aliphatic carbocycles. The summed E-state index contributed by atoms with van der Waals surface area (Å²) in [4.78, 5) is 0. The van der Waals surface area contributed by atoms with E-state index in [2.05, 4.69) is 0 Å². The first-order chi connectivity index (χ1) is 1.41. The first-order valence-corrected chi connectivity index (χ1v) is 0.567. The Morgan fingerprint density at radius 3 is 2.00 bits per heavy atom. The number of hydrogen-bond donors (Lipinski definition) is 0. The second-order valence-electron chi connectivity index (χ2n) is 0. The summed E-state index contributed by atoms with van der Waals surface area (Å²) >= 11 is 0. The molecule has 0 saturated heterocycles. The average molecular weight is 138 g/mol. The molecule has 0 spiro atoms. The Morgan fingerprint density at radius 1 is 2.00 bits per heavy atom. The van der Waals surface area contributed by atoms with Crippen LogP contribution in [0.4, 0.5) is 4.20 Å². The fraction of sp³-hybridized carbons (Fsp3) is 0. The van der Waals surface area contributed by atoms with Crippen LogP contribution in [0.5, 0.6) is 0 Å². The molecule has 0 amide bonds. The van der Waals surface area contributed by atoms with Crippen molar-refractivity contribution in [3.05, 3.63) is 0 Å². The van der Waals surface area contributed by atoms with E-state index in [0.29, 0.717) is 0 Å². The molecule has 0 aliphatic rings. The van der Waals surface area contributed by atoms with Crippen molar-refractivity contribution >= 4 is 19.4 Å². The Kier molecular flexibility index (Phi) is 59.5. The third-order valence-corrected chi connectivity index (χ3v) is 0. The first-order valence-electron chi connectivity index (χ1n) is 0.689. The maximum absolute atomic E-state index is 9.99. The fourth-order valence-electron chi connectivity index (χ4n) is 0. The Balaban J connectivity index is -0.0000000200. The standard InChI is InChI=1S/FH2P.H3P.V/c1-2;;/h2H2;1H3;/i2D;;. The summed E-state index contributed by atoms with van der Waals surface area (Å²) < 4.78 is 15.6. The van der Waals surface area contributed by atoms with Gasteiger partial charge in [-0.3, -0.25) is 0 Å². The van der Waals surface area contributed by atoms with Gasteiger partial charge in [0.25, 0.3) is 0 Å². The molecule has 27 valence electrons. The molecule has 0 bridgehead atoms. The minimum atomic E-state index is -1.17. The molecule has 0 aromatic carbocycles. The second-order valence-corrected chi connectivity index (χ2v) is 0. The van der Waals surface area contributed by atoms with E-state index in [1.165, 1.54) is 0 Å². The molecule has 1 radical (unpaired) electrons. The molecule has 0 aromatic rings. The predicted molar refractivity (Wildman–Crippen MR) is 21.9 cm³/mol. The van der Waals surface area contributed by atoms with Gasteiger partial charge in [0, 0.05) is 18.6 Å². The predicted octanol–water partition coefficient (Wildman–Crippen LogP) is 0.802. The SMILES string of the molecule is P.[2H]PF.[V]. The van der Waals surface area contributed by atoms with Crippen LogP contribution in [-0.2, 0) is 18.6 Å². The molecular formula is H5FP2V. The van der Waals surface area contributed by atoms with Crippen molar-refractivity contribution in [1.29, 1.82) is 1.28 Å². The third-order valence-electron chi connectivity index (χ3n) is 0. The largest absolute Gasteiger partial charge is 0.234 e.